The highest BCUT2D eigenvalue weighted by Gasteiger charge is 2.12. The Morgan fingerprint density at radius 2 is 2.04 bits per heavy atom. The Morgan fingerprint density at radius 3 is 2.71 bits per heavy atom. The van der Waals surface area contributed by atoms with Crippen molar-refractivity contribution in [2.45, 2.75) is 53.3 Å². The van der Waals surface area contributed by atoms with Crippen molar-refractivity contribution in [3.8, 4) is 0 Å². The predicted octanol–water partition coefficient (Wildman–Crippen LogP) is 3.44. The molecule has 6 heteroatoms. The SMILES string of the molecule is CCNC(=NCc1cccc(Cn2ccnc2)c1)NCCC(OCC)C(C)C. The van der Waals surface area contributed by atoms with Crippen LogP contribution in [-0.4, -0.2) is 41.3 Å². The van der Waals surface area contributed by atoms with Gasteiger partial charge in [0.2, 0.25) is 0 Å². The zero-order valence-electron chi connectivity index (χ0n) is 17.7. The van der Waals surface area contributed by atoms with E-state index in [-0.39, 0.29) is 6.10 Å². The second-order valence-electron chi connectivity index (χ2n) is 7.20. The first-order valence-electron chi connectivity index (χ1n) is 10.3. The maximum absolute atomic E-state index is 5.82. The summed E-state index contributed by atoms with van der Waals surface area (Å²) in [4.78, 5) is 8.84. The molecule has 0 bridgehead atoms. The molecule has 28 heavy (non-hydrogen) atoms. The lowest BCUT2D eigenvalue weighted by molar-refractivity contribution is 0.0258. The number of benzene rings is 1. The number of nitrogens with zero attached hydrogens (tertiary/aromatic N) is 3. The molecule has 0 saturated carbocycles. The van der Waals surface area contributed by atoms with Crippen LogP contribution in [0.4, 0.5) is 0 Å². The number of rotatable bonds is 11. The Hall–Kier alpha value is -2.34. The maximum atomic E-state index is 5.82. The van der Waals surface area contributed by atoms with Crippen LogP contribution < -0.4 is 10.6 Å². The minimum absolute atomic E-state index is 0.278. The molecule has 6 nitrogen and oxygen atoms in total. The van der Waals surface area contributed by atoms with Gasteiger partial charge in [0, 0.05) is 38.6 Å². The van der Waals surface area contributed by atoms with Gasteiger partial charge in [0.05, 0.1) is 19.0 Å². The Bertz CT molecular complexity index is 697. The van der Waals surface area contributed by atoms with Crippen LogP contribution in [0.3, 0.4) is 0 Å². The summed E-state index contributed by atoms with van der Waals surface area (Å²) >= 11 is 0. The van der Waals surface area contributed by atoms with E-state index in [4.69, 9.17) is 9.73 Å². The molecular formula is C22H35N5O. The first-order valence-corrected chi connectivity index (χ1v) is 10.3. The molecule has 0 aliphatic rings. The number of ether oxygens (including phenoxy) is 1. The largest absolute Gasteiger partial charge is 0.378 e. The van der Waals surface area contributed by atoms with Crippen molar-refractivity contribution in [2.24, 2.45) is 10.9 Å². The summed E-state index contributed by atoms with van der Waals surface area (Å²) in [6.07, 6.45) is 6.86. The lowest BCUT2D eigenvalue weighted by Gasteiger charge is -2.21. The third-order valence-corrected chi connectivity index (χ3v) is 4.53. The average molecular weight is 386 g/mol. The molecular weight excluding hydrogens is 350 g/mol. The Balaban J connectivity index is 1.90. The van der Waals surface area contributed by atoms with Crippen molar-refractivity contribution in [3.63, 3.8) is 0 Å². The Morgan fingerprint density at radius 1 is 1.21 bits per heavy atom. The molecule has 0 radical (unpaired) electrons. The van der Waals surface area contributed by atoms with E-state index in [9.17, 15) is 0 Å². The van der Waals surface area contributed by atoms with Gasteiger partial charge in [0.25, 0.3) is 0 Å². The number of hydrogen-bond donors (Lipinski definition) is 2. The van der Waals surface area contributed by atoms with Gasteiger partial charge in [-0.15, -0.1) is 0 Å². The van der Waals surface area contributed by atoms with Crippen LogP contribution in [-0.2, 0) is 17.8 Å². The predicted molar refractivity (Wildman–Crippen MR) is 115 cm³/mol. The highest BCUT2D eigenvalue weighted by Crippen LogP contribution is 2.10. The van der Waals surface area contributed by atoms with Crippen LogP contribution in [0.5, 0.6) is 0 Å². The minimum atomic E-state index is 0.278. The van der Waals surface area contributed by atoms with Crippen LogP contribution in [0, 0.1) is 5.92 Å². The van der Waals surface area contributed by atoms with E-state index in [1.54, 1.807) is 6.20 Å². The van der Waals surface area contributed by atoms with Crippen molar-refractivity contribution in [1.82, 2.24) is 20.2 Å². The fourth-order valence-electron chi connectivity index (χ4n) is 3.09. The first kappa shape index (κ1) is 22.0. The molecule has 1 heterocycles. The third-order valence-electron chi connectivity index (χ3n) is 4.53. The summed E-state index contributed by atoms with van der Waals surface area (Å²) in [5.41, 5.74) is 2.45. The second kappa shape index (κ2) is 12.2. The van der Waals surface area contributed by atoms with E-state index in [0.717, 1.165) is 38.6 Å². The minimum Gasteiger partial charge on any atom is -0.378 e. The topological polar surface area (TPSA) is 63.5 Å². The van der Waals surface area contributed by atoms with Crippen molar-refractivity contribution in [3.05, 3.63) is 54.1 Å². The van der Waals surface area contributed by atoms with Crippen LogP contribution in [0.1, 0.15) is 45.2 Å². The van der Waals surface area contributed by atoms with Crippen LogP contribution in [0.2, 0.25) is 0 Å². The van der Waals surface area contributed by atoms with E-state index in [1.807, 2.05) is 12.5 Å². The lowest BCUT2D eigenvalue weighted by Crippen LogP contribution is -2.39. The highest BCUT2D eigenvalue weighted by atomic mass is 16.5. The van der Waals surface area contributed by atoms with Crippen molar-refractivity contribution in [2.75, 3.05) is 19.7 Å². The summed E-state index contributed by atoms with van der Waals surface area (Å²) in [5, 5.41) is 6.76. The number of nitrogens with one attached hydrogen (secondary N) is 2. The van der Waals surface area contributed by atoms with E-state index < -0.39 is 0 Å². The molecule has 0 amide bonds. The lowest BCUT2D eigenvalue weighted by atomic mass is 10.0. The van der Waals surface area contributed by atoms with Crippen molar-refractivity contribution >= 4 is 5.96 Å². The molecule has 154 valence electrons. The van der Waals surface area contributed by atoms with Gasteiger partial charge in [-0.3, -0.25) is 0 Å². The van der Waals surface area contributed by atoms with Gasteiger partial charge in [0.15, 0.2) is 5.96 Å². The highest BCUT2D eigenvalue weighted by molar-refractivity contribution is 5.79. The molecule has 1 aromatic heterocycles. The standard InChI is InChI=1S/C22H35N5O/c1-5-24-22(25-11-10-21(18(3)4)28-6-2)26-15-19-8-7-9-20(14-19)16-27-13-12-23-17-27/h7-9,12-14,17-18,21H,5-6,10-11,15-16H2,1-4H3,(H2,24,25,26). The number of aliphatic imine (C=N–C) groups is 1. The van der Waals surface area contributed by atoms with Gasteiger partial charge < -0.3 is 19.9 Å². The summed E-state index contributed by atoms with van der Waals surface area (Å²) in [6.45, 7) is 12.4. The molecule has 2 aromatic rings. The van der Waals surface area contributed by atoms with E-state index in [0.29, 0.717) is 12.5 Å². The molecule has 1 aromatic carbocycles. The zero-order valence-corrected chi connectivity index (χ0v) is 17.7. The Labute approximate surface area is 169 Å². The fourth-order valence-corrected chi connectivity index (χ4v) is 3.09. The van der Waals surface area contributed by atoms with Gasteiger partial charge in [-0.1, -0.05) is 38.1 Å². The molecule has 0 saturated heterocycles. The first-order chi connectivity index (χ1) is 13.6. The fraction of sp³-hybridized carbons (Fsp3) is 0.545. The van der Waals surface area contributed by atoms with Crippen LogP contribution >= 0.6 is 0 Å². The van der Waals surface area contributed by atoms with E-state index in [1.165, 1.54) is 11.1 Å². The average Bonchev–Trinajstić information content (AvgIpc) is 3.18. The molecule has 2 rings (SSSR count). The van der Waals surface area contributed by atoms with Crippen molar-refractivity contribution in [1.29, 1.82) is 0 Å². The quantitative estimate of drug-likeness (QED) is 0.459. The maximum Gasteiger partial charge on any atom is 0.191 e. The summed E-state index contributed by atoms with van der Waals surface area (Å²) < 4.78 is 7.89. The van der Waals surface area contributed by atoms with Gasteiger partial charge in [0.1, 0.15) is 0 Å². The smallest absolute Gasteiger partial charge is 0.191 e. The van der Waals surface area contributed by atoms with Gasteiger partial charge in [-0.25, -0.2) is 9.98 Å². The molecule has 0 aliphatic heterocycles. The summed E-state index contributed by atoms with van der Waals surface area (Å²) in [5.74, 6) is 1.36. The zero-order chi connectivity index (χ0) is 20.2. The summed E-state index contributed by atoms with van der Waals surface area (Å²) in [7, 11) is 0. The van der Waals surface area contributed by atoms with Gasteiger partial charge >= 0.3 is 0 Å². The molecule has 1 unspecified atom stereocenters. The second-order valence-corrected chi connectivity index (χ2v) is 7.20. The number of hydrogen-bond acceptors (Lipinski definition) is 3. The number of aromatic nitrogens is 2. The summed E-state index contributed by atoms with van der Waals surface area (Å²) in [6, 6.07) is 8.55. The van der Waals surface area contributed by atoms with Crippen LogP contribution in [0.25, 0.3) is 0 Å². The van der Waals surface area contributed by atoms with E-state index >= 15 is 0 Å². The third kappa shape index (κ3) is 7.72. The number of guanidine groups is 1. The molecule has 2 N–H and O–H groups in total. The molecule has 0 aliphatic carbocycles. The number of imidazole rings is 1. The normalized spacial score (nSPS) is 13.0. The van der Waals surface area contributed by atoms with E-state index in [2.05, 4.69) is 72.1 Å². The van der Waals surface area contributed by atoms with Gasteiger partial charge in [-0.05, 0) is 37.3 Å². The molecule has 0 fully saturated rings. The molecule has 1 atom stereocenters. The Kier molecular flexibility index (Phi) is 9.55. The van der Waals surface area contributed by atoms with Gasteiger partial charge in [-0.2, -0.15) is 0 Å². The monoisotopic (exact) mass is 385 g/mol. The van der Waals surface area contributed by atoms with Crippen molar-refractivity contribution < 1.29 is 4.74 Å². The molecule has 0 spiro atoms. The van der Waals surface area contributed by atoms with Crippen LogP contribution in [0.15, 0.2) is 48.0 Å².